The van der Waals surface area contributed by atoms with E-state index >= 15 is 0 Å². The second-order valence-electron chi connectivity index (χ2n) is 7.76. The summed E-state index contributed by atoms with van der Waals surface area (Å²) in [5.41, 5.74) is 1.07. The molecule has 0 spiro atoms. The summed E-state index contributed by atoms with van der Waals surface area (Å²) in [6, 6.07) is 2.03. The first kappa shape index (κ1) is 21.9. The third-order valence-electron chi connectivity index (χ3n) is 5.64. The van der Waals surface area contributed by atoms with Gasteiger partial charge in [0.1, 0.15) is 6.04 Å². The molecule has 160 valence electrons. The minimum atomic E-state index is -5.02. The van der Waals surface area contributed by atoms with Gasteiger partial charge >= 0.3 is 12.1 Å². The number of nitrogens with one attached hydrogen (secondary N) is 1. The highest BCUT2D eigenvalue weighted by Crippen LogP contribution is 2.32. The van der Waals surface area contributed by atoms with Crippen LogP contribution in [0.4, 0.5) is 13.2 Å². The van der Waals surface area contributed by atoms with Crippen LogP contribution in [0.5, 0.6) is 0 Å². The van der Waals surface area contributed by atoms with Crippen LogP contribution in [0.1, 0.15) is 68.7 Å². The van der Waals surface area contributed by atoms with E-state index in [1.165, 1.54) is 11.3 Å². The highest BCUT2D eigenvalue weighted by Gasteiger charge is 2.47. The van der Waals surface area contributed by atoms with E-state index in [0.717, 1.165) is 61.8 Å². The molecule has 29 heavy (non-hydrogen) atoms. The van der Waals surface area contributed by atoms with Gasteiger partial charge in [-0.15, -0.1) is 11.3 Å². The molecule has 1 N–H and O–H groups in total. The summed E-state index contributed by atoms with van der Waals surface area (Å²) in [7, 11) is 0. The Hall–Kier alpha value is -1.83. The fraction of sp³-hybridized carbons (Fsp3) is 0.619. The summed E-state index contributed by atoms with van der Waals surface area (Å²) >= 11 is 1.20. The standard InChI is InChI=1S/C21H27F3N2O2S/c22-21(23,24)20(28)26(13-12-15-7-2-1-3-8-15)18(17-11-6-14-29-17)19(27)25-16-9-4-5-10-16/h6-7,11,14,16,18H,1-5,8-10,12-13H2,(H,25,27)/t18-/m0/s1. The molecule has 1 fully saturated rings. The Bertz CT molecular complexity index is 725. The zero-order chi connectivity index (χ0) is 20.9. The minimum Gasteiger partial charge on any atom is -0.351 e. The number of rotatable bonds is 7. The van der Waals surface area contributed by atoms with Gasteiger partial charge in [0.15, 0.2) is 0 Å². The lowest BCUT2D eigenvalue weighted by Gasteiger charge is -2.32. The van der Waals surface area contributed by atoms with Gasteiger partial charge in [-0.3, -0.25) is 9.59 Å². The highest BCUT2D eigenvalue weighted by molar-refractivity contribution is 7.10. The van der Waals surface area contributed by atoms with E-state index in [1.807, 2.05) is 0 Å². The quantitative estimate of drug-likeness (QED) is 0.612. The first-order valence-corrected chi connectivity index (χ1v) is 11.1. The number of nitrogens with zero attached hydrogens (tertiary/aromatic N) is 1. The topological polar surface area (TPSA) is 49.4 Å². The zero-order valence-corrected chi connectivity index (χ0v) is 17.2. The predicted octanol–water partition coefficient (Wildman–Crippen LogP) is 5.13. The SMILES string of the molecule is O=C(NC1CCCC1)[C@H](c1cccs1)N(CCC1=CCCCC1)C(=O)C(F)(F)F. The average molecular weight is 429 g/mol. The van der Waals surface area contributed by atoms with Gasteiger partial charge in [-0.1, -0.05) is 30.6 Å². The maximum atomic E-state index is 13.4. The van der Waals surface area contributed by atoms with Crippen molar-refractivity contribution in [1.29, 1.82) is 0 Å². The second-order valence-corrected chi connectivity index (χ2v) is 8.74. The van der Waals surface area contributed by atoms with Crippen LogP contribution in [-0.4, -0.2) is 35.5 Å². The average Bonchev–Trinajstić information content (AvgIpc) is 3.38. The van der Waals surface area contributed by atoms with Crippen LogP contribution >= 0.6 is 11.3 Å². The Balaban J connectivity index is 1.85. The van der Waals surface area contributed by atoms with Crippen molar-refractivity contribution in [1.82, 2.24) is 10.2 Å². The van der Waals surface area contributed by atoms with Crippen molar-refractivity contribution < 1.29 is 22.8 Å². The van der Waals surface area contributed by atoms with E-state index in [2.05, 4.69) is 11.4 Å². The monoisotopic (exact) mass is 428 g/mol. The highest BCUT2D eigenvalue weighted by atomic mass is 32.1. The molecule has 2 aliphatic rings. The van der Waals surface area contributed by atoms with Crippen molar-refractivity contribution >= 4 is 23.2 Å². The molecule has 1 atom stereocenters. The summed E-state index contributed by atoms with van der Waals surface area (Å²) in [6.07, 6.45) is 4.87. The molecule has 1 aromatic heterocycles. The first-order chi connectivity index (χ1) is 13.9. The van der Waals surface area contributed by atoms with Gasteiger partial charge in [0.2, 0.25) is 5.91 Å². The maximum Gasteiger partial charge on any atom is 0.471 e. The molecule has 0 radical (unpaired) electrons. The van der Waals surface area contributed by atoms with Crippen molar-refractivity contribution in [2.24, 2.45) is 0 Å². The number of carbonyl (C=O) groups excluding carboxylic acids is 2. The van der Waals surface area contributed by atoms with Crippen molar-refractivity contribution in [2.75, 3.05) is 6.54 Å². The van der Waals surface area contributed by atoms with E-state index in [0.29, 0.717) is 11.3 Å². The second kappa shape index (κ2) is 9.78. The predicted molar refractivity (Wildman–Crippen MR) is 106 cm³/mol. The molecule has 1 heterocycles. The summed E-state index contributed by atoms with van der Waals surface area (Å²) in [5.74, 6) is -2.47. The van der Waals surface area contributed by atoms with Crippen LogP contribution in [0.15, 0.2) is 29.2 Å². The zero-order valence-electron chi connectivity index (χ0n) is 16.3. The molecule has 3 rings (SSSR count). The molecule has 1 saturated carbocycles. The van der Waals surface area contributed by atoms with Crippen LogP contribution in [0.25, 0.3) is 0 Å². The molecule has 2 amide bonds. The number of alkyl halides is 3. The van der Waals surface area contributed by atoms with Gasteiger partial charge in [-0.2, -0.15) is 13.2 Å². The smallest absolute Gasteiger partial charge is 0.351 e. The van der Waals surface area contributed by atoms with Gasteiger partial charge in [0, 0.05) is 17.5 Å². The first-order valence-electron chi connectivity index (χ1n) is 10.3. The minimum absolute atomic E-state index is 0.0335. The lowest BCUT2D eigenvalue weighted by Crippen LogP contribution is -2.50. The van der Waals surface area contributed by atoms with Crippen LogP contribution in [0.3, 0.4) is 0 Å². The van der Waals surface area contributed by atoms with E-state index in [1.54, 1.807) is 17.5 Å². The van der Waals surface area contributed by atoms with E-state index in [4.69, 9.17) is 0 Å². The molecular formula is C21H27F3N2O2S. The number of hydrogen-bond donors (Lipinski definition) is 1. The van der Waals surface area contributed by atoms with Crippen LogP contribution in [-0.2, 0) is 9.59 Å². The molecule has 0 aliphatic heterocycles. The Labute approximate surface area is 173 Å². The van der Waals surface area contributed by atoms with Crippen molar-refractivity contribution in [3.05, 3.63) is 34.0 Å². The number of allylic oxidation sites excluding steroid dienone is 1. The van der Waals surface area contributed by atoms with Crippen LogP contribution in [0, 0.1) is 0 Å². The molecule has 4 nitrogen and oxygen atoms in total. The number of amides is 2. The summed E-state index contributed by atoms with van der Waals surface area (Å²) in [5, 5.41) is 4.60. The third kappa shape index (κ3) is 5.84. The molecule has 2 aliphatic carbocycles. The number of thiophene rings is 1. The van der Waals surface area contributed by atoms with Gasteiger partial charge < -0.3 is 10.2 Å². The summed E-state index contributed by atoms with van der Waals surface area (Å²) in [6.45, 7) is -0.120. The van der Waals surface area contributed by atoms with Gasteiger partial charge in [-0.25, -0.2) is 0 Å². The normalized spacial score (nSPS) is 18.9. The van der Waals surface area contributed by atoms with Gasteiger partial charge in [0.05, 0.1) is 0 Å². The third-order valence-corrected chi connectivity index (χ3v) is 6.56. The van der Waals surface area contributed by atoms with Crippen molar-refractivity contribution in [3.63, 3.8) is 0 Å². The molecule has 0 saturated heterocycles. The Morgan fingerprint density at radius 2 is 1.97 bits per heavy atom. The largest absolute Gasteiger partial charge is 0.471 e. The van der Waals surface area contributed by atoms with E-state index < -0.39 is 24.0 Å². The fourth-order valence-electron chi connectivity index (χ4n) is 4.13. The van der Waals surface area contributed by atoms with Gasteiger partial charge in [-0.05, 0) is 56.4 Å². The van der Waals surface area contributed by atoms with Crippen LogP contribution < -0.4 is 5.32 Å². The lowest BCUT2D eigenvalue weighted by atomic mass is 9.97. The number of hydrogen-bond acceptors (Lipinski definition) is 3. The Morgan fingerprint density at radius 3 is 2.55 bits per heavy atom. The lowest BCUT2D eigenvalue weighted by molar-refractivity contribution is -0.188. The molecular weight excluding hydrogens is 401 g/mol. The molecule has 8 heteroatoms. The summed E-state index contributed by atoms with van der Waals surface area (Å²) < 4.78 is 40.2. The maximum absolute atomic E-state index is 13.4. The van der Waals surface area contributed by atoms with E-state index in [9.17, 15) is 22.8 Å². The van der Waals surface area contributed by atoms with Crippen molar-refractivity contribution in [2.45, 2.75) is 76.0 Å². The Kier molecular flexibility index (Phi) is 7.38. The van der Waals surface area contributed by atoms with Gasteiger partial charge in [0.25, 0.3) is 0 Å². The fourth-order valence-corrected chi connectivity index (χ4v) is 4.96. The summed E-state index contributed by atoms with van der Waals surface area (Å²) in [4.78, 5) is 26.5. The van der Waals surface area contributed by atoms with Crippen LogP contribution in [0.2, 0.25) is 0 Å². The number of halogens is 3. The Morgan fingerprint density at radius 1 is 1.21 bits per heavy atom. The van der Waals surface area contributed by atoms with E-state index in [-0.39, 0.29) is 12.6 Å². The molecule has 0 bridgehead atoms. The molecule has 0 unspecified atom stereocenters. The molecule has 0 aromatic carbocycles. The number of carbonyl (C=O) groups is 2. The van der Waals surface area contributed by atoms with Crippen molar-refractivity contribution in [3.8, 4) is 0 Å². The molecule has 1 aromatic rings.